The summed E-state index contributed by atoms with van der Waals surface area (Å²) in [6.45, 7) is 5.35. The minimum absolute atomic E-state index is 0.0302. The highest BCUT2D eigenvalue weighted by atomic mass is 16.1. The Labute approximate surface area is 102 Å². The zero-order valence-electron chi connectivity index (χ0n) is 10.8. The first-order valence-corrected chi connectivity index (χ1v) is 5.88. The van der Waals surface area contributed by atoms with E-state index in [0.717, 1.165) is 12.1 Å². The quantitative estimate of drug-likeness (QED) is 0.794. The van der Waals surface area contributed by atoms with Crippen molar-refractivity contribution in [3.05, 3.63) is 29.3 Å². The number of hydrogen-bond donors (Lipinski definition) is 1. The molecule has 0 spiro atoms. The molecule has 1 N–H and O–H groups in total. The van der Waals surface area contributed by atoms with Crippen molar-refractivity contribution >= 4 is 17.3 Å². The standard InChI is InChI=1S/C14H19NO2/c1-5-9(2)14(17)13-11(10(3)16)7-6-8-12(13)15-4/h6-9,15H,5H2,1-4H3. The molecule has 0 saturated heterocycles. The Bertz CT molecular complexity index is 438. The van der Waals surface area contributed by atoms with Gasteiger partial charge in [0.2, 0.25) is 0 Å². The Morgan fingerprint density at radius 2 is 2.00 bits per heavy atom. The minimum atomic E-state index is -0.0752. The van der Waals surface area contributed by atoms with Gasteiger partial charge in [0.05, 0.1) is 5.56 Å². The summed E-state index contributed by atoms with van der Waals surface area (Å²) in [5.41, 5.74) is 1.75. The zero-order chi connectivity index (χ0) is 13.0. The van der Waals surface area contributed by atoms with E-state index in [4.69, 9.17) is 0 Å². The maximum atomic E-state index is 12.3. The second-order valence-corrected chi connectivity index (χ2v) is 4.21. The van der Waals surface area contributed by atoms with E-state index in [9.17, 15) is 9.59 Å². The van der Waals surface area contributed by atoms with Crippen molar-refractivity contribution in [3.63, 3.8) is 0 Å². The second-order valence-electron chi connectivity index (χ2n) is 4.21. The molecule has 17 heavy (non-hydrogen) atoms. The van der Waals surface area contributed by atoms with Crippen molar-refractivity contribution in [3.8, 4) is 0 Å². The van der Waals surface area contributed by atoms with Gasteiger partial charge in [-0.05, 0) is 19.4 Å². The van der Waals surface area contributed by atoms with Gasteiger partial charge in [-0.25, -0.2) is 0 Å². The van der Waals surface area contributed by atoms with Crippen molar-refractivity contribution in [2.45, 2.75) is 27.2 Å². The van der Waals surface area contributed by atoms with E-state index in [1.807, 2.05) is 19.9 Å². The number of rotatable bonds is 5. The highest BCUT2D eigenvalue weighted by Gasteiger charge is 2.21. The highest BCUT2D eigenvalue weighted by Crippen LogP contribution is 2.24. The molecule has 0 aliphatic carbocycles. The molecule has 92 valence electrons. The summed E-state index contributed by atoms with van der Waals surface area (Å²) in [4.78, 5) is 23.9. The van der Waals surface area contributed by atoms with Crippen LogP contribution in [0.1, 0.15) is 47.9 Å². The average Bonchev–Trinajstić information content (AvgIpc) is 2.35. The summed E-state index contributed by atoms with van der Waals surface area (Å²) in [5.74, 6) is -0.112. The number of benzene rings is 1. The molecule has 0 radical (unpaired) electrons. The van der Waals surface area contributed by atoms with Gasteiger partial charge in [0, 0.05) is 24.2 Å². The van der Waals surface area contributed by atoms with Crippen LogP contribution in [0.3, 0.4) is 0 Å². The van der Waals surface area contributed by atoms with Gasteiger partial charge in [-0.2, -0.15) is 0 Å². The molecule has 1 aromatic carbocycles. The molecule has 0 saturated carbocycles. The summed E-state index contributed by atoms with van der Waals surface area (Å²) in [6, 6.07) is 5.32. The normalized spacial score (nSPS) is 12.0. The number of carbonyl (C=O) groups is 2. The topological polar surface area (TPSA) is 46.2 Å². The van der Waals surface area contributed by atoms with Gasteiger partial charge >= 0.3 is 0 Å². The highest BCUT2D eigenvalue weighted by molar-refractivity contribution is 6.12. The van der Waals surface area contributed by atoms with Crippen LogP contribution in [0.25, 0.3) is 0 Å². The Morgan fingerprint density at radius 1 is 1.35 bits per heavy atom. The molecule has 3 nitrogen and oxygen atoms in total. The molecule has 0 fully saturated rings. The van der Waals surface area contributed by atoms with Crippen molar-refractivity contribution in [1.29, 1.82) is 0 Å². The number of Topliss-reactive ketones (excluding diaryl/α,β-unsaturated/α-hetero) is 2. The van der Waals surface area contributed by atoms with Crippen LogP contribution in [0.5, 0.6) is 0 Å². The van der Waals surface area contributed by atoms with Crippen molar-refractivity contribution in [2.24, 2.45) is 5.92 Å². The van der Waals surface area contributed by atoms with Crippen molar-refractivity contribution in [2.75, 3.05) is 12.4 Å². The van der Waals surface area contributed by atoms with Gasteiger partial charge < -0.3 is 5.32 Å². The first-order valence-electron chi connectivity index (χ1n) is 5.88. The molecule has 0 aliphatic rings. The summed E-state index contributed by atoms with van der Waals surface area (Å²) >= 11 is 0. The fourth-order valence-electron chi connectivity index (χ4n) is 1.75. The predicted molar refractivity (Wildman–Crippen MR) is 69.8 cm³/mol. The third kappa shape index (κ3) is 2.73. The fraction of sp³-hybridized carbons (Fsp3) is 0.429. The van der Waals surface area contributed by atoms with Crippen LogP contribution in [0, 0.1) is 5.92 Å². The minimum Gasteiger partial charge on any atom is -0.388 e. The van der Waals surface area contributed by atoms with E-state index in [1.165, 1.54) is 6.92 Å². The van der Waals surface area contributed by atoms with Gasteiger partial charge in [0.15, 0.2) is 11.6 Å². The summed E-state index contributed by atoms with van der Waals surface area (Å²) in [6.07, 6.45) is 0.772. The van der Waals surface area contributed by atoms with E-state index < -0.39 is 0 Å². The molecular weight excluding hydrogens is 214 g/mol. The lowest BCUT2D eigenvalue weighted by Crippen LogP contribution is -2.16. The first kappa shape index (κ1) is 13.4. The number of nitrogens with one attached hydrogen (secondary N) is 1. The van der Waals surface area contributed by atoms with Crippen LogP contribution < -0.4 is 5.32 Å². The van der Waals surface area contributed by atoms with Gasteiger partial charge in [-0.3, -0.25) is 9.59 Å². The van der Waals surface area contributed by atoms with E-state index in [1.54, 1.807) is 19.2 Å². The zero-order valence-corrected chi connectivity index (χ0v) is 10.8. The molecule has 0 aliphatic heterocycles. The van der Waals surface area contributed by atoms with E-state index in [0.29, 0.717) is 11.1 Å². The molecular formula is C14H19NO2. The Balaban J connectivity index is 3.36. The molecule has 1 aromatic rings. The predicted octanol–water partition coefficient (Wildman–Crippen LogP) is 3.16. The lowest BCUT2D eigenvalue weighted by Gasteiger charge is -2.15. The molecule has 1 unspecified atom stereocenters. The SMILES string of the molecule is CCC(C)C(=O)c1c(NC)cccc1C(C)=O. The third-order valence-electron chi connectivity index (χ3n) is 3.02. The summed E-state index contributed by atoms with van der Waals surface area (Å²) in [7, 11) is 1.76. The van der Waals surface area contributed by atoms with Gasteiger partial charge in [0.1, 0.15) is 0 Å². The smallest absolute Gasteiger partial charge is 0.168 e. The molecule has 0 amide bonds. The van der Waals surface area contributed by atoms with Crippen molar-refractivity contribution in [1.82, 2.24) is 0 Å². The van der Waals surface area contributed by atoms with Crippen LogP contribution in [0.2, 0.25) is 0 Å². The average molecular weight is 233 g/mol. The Hall–Kier alpha value is -1.64. The van der Waals surface area contributed by atoms with Gasteiger partial charge in [-0.1, -0.05) is 26.0 Å². The molecule has 1 atom stereocenters. The lowest BCUT2D eigenvalue weighted by molar-refractivity contribution is 0.0916. The molecule has 3 heteroatoms. The monoisotopic (exact) mass is 233 g/mol. The van der Waals surface area contributed by atoms with Crippen LogP contribution in [0.15, 0.2) is 18.2 Å². The van der Waals surface area contributed by atoms with Crippen LogP contribution in [-0.2, 0) is 0 Å². The second kappa shape index (κ2) is 5.62. The number of anilines is 1. The van der Waals surface area contributed by atoms with E-state index in [2.05, 4.69) is 5.32 Å². The summed E-state index contributed by atoms with van der Waals surface area (Å²) < 4.78 is 0. The fourth-order valence-corrected chi connectivity index (χ4v) is 1.75. The number of carbonyl (C=O) groups excluding carboxylic acids is 2. The van der Waals surface area contributed by atoms with E-state index >= 15 is 0 Å². The van der Waals surface area contributed by atoms with Gasteiger partial charge in [0.25, 0.3) is 0 Å². The Morgan fingerprint density at radius 3 is 2.47 bits per heavy atom. The van der Waals surface area contributed by atoms with Crippen LogP contribution >= 0.6 is 0 Å². The number of hydrogen-bond acceptors (Lipinski definition) is 3. The van der Waals surface area contributed by atoms with Crippen LogP contribution in [0.4, 0.5) is 5.69 Å². The maximum Gasteiger partial charge on any atom is 0.168 e. The maximum absolute atomic E-state index is 12.3. The molecule has 0 heterocycles. The van der Waals surface area contributed by atoms with Crippen LogP contribution in [-0.4, -0.2) is 18.6 Å². The van der Waals surface area contributed by atoms with Gasteiger partial charge in [-0.15, -0.1) is 0 Å². The largest absolute Gasteiger partial charge is 0.388 e. The molecule has 0 aromatic heterocycles. The Kier molecular flexibility index (Phi) is 4.44. The third-order valence-corrected chi connectivity index (χ3v) is 3.02. The first-order chi connectivity index (χ1) is 8.02. The van der Waals surface area contributed by atoms with E-state index in [-0.39, 0.29) is 17.5 Å². The lowest BCUT2D eigenvalue weighted by atomic mass is 9.91. The molecule has 1 rings (SSSR count). The summed E-state index contributed by atoms with van der Waals surface area (Å²) in [5, 5.41) is 2.98. The number of ketones is 2. The van der Waals surface area contributed by atoms with Crippen molar-refractivity contribution < 1.29 is 9.59 Å². The molecule has 0 bridgehead atoms.